The number of oxazole rings is 1. The molecule has 0 fully saturated rings. The number of aromatic nitrogens is 1. The molecule has 0 radical (unpaired) electrons. The van der Waals surface area contributed by atoms with Crippen molar-refractivity contribution in [3.8, 4) is 11.3 Å². The Bertz CT molecular complexity index is 1050. The molecule has 2 N–H and O–H groups in total. The van der Waals surface area contributed by atoms with E-state index < -0.39 is 22.6 Å². The Morgan fingerprint density at radius 1 is 1.10 bits per heavy atom. The standard InChI is InChI=1S/C19H15FN4O5/c20-15-4-2-1-3-14(15)16-11-21-18(29-16)10-9-17(25)22-23-19(26)12-5-7-13(8-6-12)24(27)28/h1-8,11H,9-10H2,(H,22,25)(H,23,26). The number of hydrazine groups is 1. The van der Waals surface area contributed by atoms with E-state index in [2.05, 4.69) is 15.8 Å². The minimum absolute atomic E-state index is 0.0300. The molecule has 0 unspecified atom stereocenters. The number of hydrogen-bond donors (Lipinski definition) is 2. The van der Waals surface area contributed by atoms with Crippen LogP contribution in [0.25, 0.3) is 11.3 Å². The number of nitrogens with zero attached hydrogens (tertiary/aromatic N) is 2. The molecule has 3 aromatic rings. The summed E-state index contributed by atoms with van der Waals surface area (Å²) in [6, 6.07) is 11.0. The van der Waals surface area contributed by atoms with Crippen LogP contribution >= 0.6 is 0 Å². The average Bonchev–Trinajstić information content (AvgIpc) is 3.19. The van der Waals surface area contributed by atoms with E-state index in [1.54, 1.807) is 18.2 Å². The summed E-state index contributed by atoms with van der Waals surface area (Å²) in [4.78, 5) is 37.9. The maximum absolute atomic E-state index is 13.8. The molecule has 2 amide bonds. The molecule has 29 heavy (non-hydrogen) atoms. The van der Waals surface area contributed by atoms with Gasteiger partial charge in [0.2, 0.25) is 5.91 Å². The molecular formula is C19H15FN4O5. The fourth-order valence-corrected chi connectivity index (χ4v) is 2.43. The van der Waals surface area contributed by atoms with Crippen molar-refractivity contribution in [2.24, 2.45) is 0 Å². The average molecular weight is 398 g/mol. The fraction of sp³-hybridized carbons (Fsp3) is 0.105. The summed E-state index contributed by atoms with van der Waals surface area (Å²) in [5, 5.41) is 10.6. The SMILES string of the molecule is O=C(CCc1ncc(-c2ccccc2F)o1)NNC(=O)c1ccc([N+](=O)[O-])cc1. The molecule has 0 aliphatic rings. The number of halogens is 1. The molecule has 0 saturated heterocycles. The summed E-state index contributed by atoms with van der Waals surface area (Å²) < 4.78 is 19.2. The van der Waals surface area contributed by atoms with Gasteiger partial charge in [-0.2, -0.15) is 0 Å². The summed E-state index contributed by atoms with van der Waals surface area (Å²) in [6.07, 6.45) is 1.49. The number of hydrogen-bond acceptors (Lipinski definition) is 6. The number of carbonyl (C=O) groups excluding carboxylic acids is 2. The first-order valence-corrected chi connectivity index (χ1v) is 8.47. The molecular weight excluding hydrogens is 383 g/mol. The van der Waals surface area contributed by atoms with E-state index >= 15 is 0 Å². The van der Waals surface area contributed by atoms with Crippen LogP contribution < -0.4 is 10.9 Å². The quantitative estimate of drug-likeness (QED) is 0.485. The first-order valence-electron chi connectivity index (χ1n) is 8.47. The van der Waals surface area contributed by atoms with Crippen molar-refractivity contribution in [1.82, 2.24) is 15.8 Å². The van der Waals surface area contributed by atoms with E-state index in [0.29, 0.717) is 0 Å². The zero-order valence-corrected chi connectivity index (χ0v) is 14.9. The molecule has 0 saturated carbocycles. The van der Waals surface area contributed by atoms with Crippen molar-refractivity contribution in [3.05, 3.63) is 82.1 Å². The van der Waals surface area contributed by atoms with Gasteiger partial charge in [-0.25, -0.2) is 9.37 Å². The Morgan fingerprint density at radius 2 is 1.83 bits per heavy atom. The topological polar surface area (TPSA) is 127 Å². The summed E-state index contributed by atoms with van der Waals surface area (Å²) in [5.41, 5.74) is 4.72. The second-order valence-electron chi connectivity index (χ2n) is 5.90. The summed E-state index contributed by atoms with van der Waals surface area (Å²) in [7, 11) is 0. The monoisotopic (exact) mass is 398 g/mol. The number of aryl methyl sites for hydroxylation is 1. The molecule has 0 aliphatic heterocycles. The number of nitro groups is 1. The number of nitrogens with one attached hydrogen (secondary N) is 2. The van der Waals surface area contributed by atoms with Gasteiger partial charge in [-0.3, -0.25) is 30.6 Å². The Morgan fingerprint density at radius 3 is 2.52 bits per heavy atom. The molecule has 148 valence electrons. The lowest BCUT2D eigenvalue weighted by molar-refractivity contribution is -0.384. The molecule has 2 aromatic carbocycles. The van der Waals surface area contributed by atoms with Gasteiger partial charge >= 0.3 is 0 Å². The van der Waals surface area contributed by atoms with Gasteiger partial charge in [0, 0.05) is 30.5 Å². The lowest BCUT2D eigenvalue weighted by Crippen LogP contribution is -2.41. The van der Waals surface area contributed by atoms with Crippen molar-refractivity contribution < 1.29 is 23.3 Å². The number of benzene rings is 2. The van der Waals surface area contributed by atoms with Crippen LogP contribution in [0.1, 0.15) is 22.7 Å². The number of amides is 2. The second kappa shape index (κ2) is 8.74. The van der Waals surface area contributed by atoms with Crippen molar-refractivity contribution in [2.75, 3.05) is 0 Å². The minimum atomic E-state index is -0.619. The smallest absolute Gasteiger partial charge is 0.269 e. The number of rotatable bonds is 6. The van der Waals surface area contributed by atoms with Gasteiger partial charge in [0.15, 0.2) is 11.7 Å². The van der Waals surface area contributed by atoms with Gasteiger partial charge in [0.25, 0.3) is 11.6 Å². The third-order valence-corrected chi connectivity index (χ3v) is 3.91. The molecule has 3 rings (SSSR count). The van der Waals surface area contributed by atoms with Crippen LogP contribution in [0.4, 0.5) is 10.1 Å². The highest BCUT2D eigenvalue weighted by Gasteiger charge is 2.13. The minimum Gasteiger partial charge on any atom is -0.441 e. The fourth-order valence-electron chi connectivity index (χ4n) is 2.43. The predicted octanol–water partition coefficient (Wildman–Crippen LogP) is 2.78. The van der Waals surface area contributed by atoms with E-state index in [0.717, 1.165) is 0 Å². The highest BCUT2D eigenvalue weighted by atomic mass is 19.1. The molecule has 0 atom stereocenters. The summed E-state index contributed by atoms with van der Waals surface area (Å²) in [6.45, 7) is 0. The Labute approximate surface area is 163 Å². The van der Waals surface area contributed by atoms with E-state index in [4.69, 9.17) is 4.42 Å². The zero-order chi connectivity index (χ0) is 20.8. The summed E-state index contributed by atoms with van der Waals surface area (Å²) in [5.74, 6) is -1.05. The normalized spacial score (nSPS) is 10.4. The third kappa shape index (κ3) is 5.01. The van der Waals surface area contributed by atoms with Gasteiger partial charge < -0.3 is 4.42 Å². The third-order valence-electron chi connectivity index (χ3n) is 3.91. The molecule has 10 heteroatoms. The first kappa shape index (κ1) is 19.7. The molecule has 0 bridgehead atoms. The van der Waals surface area contributed by atoms with E-state index in [-0.39, 0.29) is 41.3 Å². The van der Waals surface area contributed by atoms with E-state index in [1.165, 1.54) is 36.5 Å². The van der Waals surface area contributed by atoms with Crippen LogP contribution in [0.15, 0.2) is 59.1 Å². The first-order chi connectivity index (χ1) is 13.9. The molecule has 0 spiro atoms. The molecule has 1 aromatic heterocycles. The largest absolute Gasteiger partial charge is 0.441 e. The zero-order valence-electron chi connectivity index (χ0n) is 14.9. The summed E-state index contributed by atoms with van der Waals surface area (Å²) >= 11 is 0. The van der Waals surface area contributed by atoms with Gasteiger partial charge in [-0.05, 0) is 24.3 Å². The van der Waals surface area contributed by atoms with Crippen molar-refractivity contribution in [2.45, 2.75) is 12.8 Å². The lowest BCUT2D eigenvalue weighted by Gasteiger charge is -2.06. The Hall–Kier alpha value is -4.08. The van der Waals surface area contributed by atoms with Gasteiger partial charge in [-0.15, -0.1) is 0 Å². The lowest BCUT2D eigenvalue weighted by atomic mass is 10.2. The number of nitro benzene ring substituents is 1. The van der Waals surface area contributed by atoms with Crippen LogP contribution in [-0.2, 0) is 11.2 Å². The molecule has 9 nitrogen and oxygen atoms in total. The van der Waals surface area contributed by atoms with E-state index in [1.807, 2.05) is 0 Å². The predicted molar refractivity (Wildman–Crippen MR) is 98.9 cm³/mol. The van der Waals surface area contributed by atoms with Crippen LogP contribution in [0.3, 0.4) is 0 Å². The van der Waals surface area contributed by atoms with Crippen LogP contribution in [-0.4, -0.2) is 21.7 Å². The Kier molecular flexibility index (Phi) is 5.93. The maximum Gasteiger partial charge on any atom is 0.269 e. The van der Waals surface area contributed by atoms with Crippen molar-refractivity contribution in [3.63, 3.8) is 0 Å². The number of carbonyl (C=O) groups is 2. The van der Waals surface area contributed by atoms with Gasteiger partial charge in [0.1, 0.15) is 5.82 Å². The Balaban J connectivity index is 1.48. The van der Waals surface area contributed by atoms with Crippen molar-refractivity contribution in [1.29, 1.82) is 0 Å². The molecule has 1 heterocycles. The highest BCUT2D eigenvalue weighted by Crippen LogP contribution is 2.23. The van der Waals surface area contributed by atoms with Crippen LogP contribution in [0.2, 0.25) is 0 Å². The van der Waals surface area contributed by atoms with Crippen LogP contribution in [0.5, 0.6) is 0 Å². The van der Waals surface area contributed by atoms with Gasteiger partial charge in [-0.1, -0.05) is 12.1 Å². The maximum atomic E-state index is 13.8. The van der Waals surface area contributed by atoms with Crippen LogP contribution in [0, 0.1) is 15.9 Å². The van der Waals surface area contributed by atoms with Gasteiger partial charge in [0.05, 0.1) is 16.7 Å². The second-order valence-corrected chi connectivity index (χ2v) is 5.90. The van der Waals surface area contributed by atoms with Crippen molar-refractivity contribution >= 4 is 17.5 Å². The number of non-ortho nitro benzene ring substituents is 1. The molecule has 0 aliphatic carbocycles. The van der Waals surface area contributed by atoms with E-state index in [9.17, 15) is 24.1 Å². The highest BCUT2D eigenvalue weighted by molar-refractivity contribution is 5.95.